The number of fused-ring (bicyclic) bond motifs is 1. The first-order chi connectivity index (χ1) is 17.6. The summed E-state index contributed by atoms with van der Waals surface area (Å²) < 4.78 is 5.53. The third kappa shape index (κ3) is 5.50. The number of carbonyl (C=O) groups is 2. The Balaban J connectivity index is 1.26. The van der Waals surface area contributed by atoms with Crippen LogP contribution >= 0.6 is 23.2 Å². The summed E-state index contributed by atoms with van der Waals surface area (Å²) >= 11 is 12.7. The first-order valence-electron chi connectivity index (χ1n) is 12.6. The standard InChI is InChI=1S/C27H31Cl2N5O3/c1-27(2,3)37-26(36)34-10-4-5-23(34)25(35)33-13-11-32(12-14-33)18-7-8-20(29)19(16-18)24-30-21-9-6-17(28)15-22(21)31-24/h6-9,15-16,23H,4-5,10-14H2,1-3H3,(H,30,31)/t23-/m0/s1. The Hall–Kier alpha value is -2.97. The first kappa shape index (κ1) is 25.7. The van der Waals surface area contributed by atoms with Crippen molar-refractivity contribution in [2.75, 3.05) is 37.6 Å². The van der Waals surface area contributed by atoms with Crippen molar-refractivity contribution in [3.05, 3.63) is 46.4 Å². The molecule has 37 heavy (non-hydrogen) atoms. The molecule has 0 spiro atoms. The molecule has 2 aliphatic heterocycles. The number of likely N-dealkylation sites (tertiary alicyclic amines) is 1. The summed E-state index contributed by atoms with van der Waals surface area (Å²) in [6, 6.07) is 11.0. The predicted octanol–water partition coefficient (Wildman–Crippen LogP) is 5.58. The number of aromatic nitrogens is 2. The highest BCUT2D eigenvalue weighted by molar-refractivity contribution is 6.33. The van der Waals surface area contributed by atoms with E-state index in [2.05, 4.69) is 14.9 Å². The molecular formula is C27H31Cl2N5O3. The van der Waals surface area contributed by atoms with E-state index in [1.54, 1.807) is 4.90 Å². The summed E-state index contributed by atoms with van der Waals surface area (Å²) in [5, 5.41) is 1.23. The minimum absolute atomic E-state index is 0.000686. The molecule has 196 valence electrons. The Morgan fingerprint density at radius 3 is 2.51 bits per heavy atom. The zero-order valence-electron chi connectivity index (χ0n) is 21.3. The fourth-order valence-electron chi connectivity index (χ4n) is 4.96. The fourth-order valence-corrected chi connectivity index (χ4v) is 5.33. The van der Waals surface area contributed by atoms with Crippen LogP contribution in [0, 0.1) is 0 Å². The largest absolute Gasteiger partial charge is 0.444 e. The van der Waals surface area contributed by atoms with Crippen LogP contribution in [0.25, 0.3) is 22.4 Å². The molecule has 8 nitrogen and oxygen atoms in total. The highest BCUT2D eigenvalue weighted by Gasteiger charge is 2.39. The first-order valence-corrected chi connectivity index (χ1v) is 13.3. The molecule has 10 heteroatoms. The Morgan fingerprint density at radius 1 is 1.03 bits per heavy atom. The lowest BCUT2D eigenvalue weighted by Gasteiger charge is -2.38. The van der Waals surface area contributed by atoms with Crippen molar-refractivity contribution in [3.8, 4) is 11.4 Å². The Bertz CT molecular complexity index is 1330. The highest BCUT2D eigenvalue weighted by atomic mass is 35.5. The van der Waals surface area contributed by atoms with Crippen molar-refractivity contribution in [2.24, 2.45) is 0 Å². The van der Waals surface area contributed by atoms with E-state index >= 15 is 0 Å². The van der Waals surface area contributed by atoms with Gasteiger partial charge in [-0.3, -0.25) is 9.69 Å². The summed E-state index contributed by atoms with van der Waals surface area (Å²) in [7, 11) is 0. The Labute approximate surface area is 226 Å². The molecule has 5 rings (SSSR count). The maximum atomic E-state index is 13.3. The molecule has 2 aromatic carbocycles. The fraction of sp³-hybridized carbons (Fsp3) is 0.444. The molecule has 1 aromatic heterocycles. The lowest BCUT2D eigenvalue weighted by Crippen LogP contribution is -2.54. The van der Waals surface area contributed by atoms with Gasteiger partial charge in [0.05, 0.1) is 16.1 Å². The van der Waals surface area contributed by atoms with E-state index in [-0.39, 0.29) is 5.91 Å². The SMILES string of the molecule is CC(C)(C)OC(=O)N1CCC[C@H]1C(=O)N1CCN(c2ccc(Cl)c(-c3nc4cc(Cl)ccc4[nH]3)c2)CC1. The van der Waals surface area contributed by atoms with E-state index < -0.39 is 17.7 Å². The molecule has 2 aliphatic rings. The summed E-state index contributed by atoms with van der Waals surface area (Å²) in [4.78, 5) is 39.7. The number of benzene rings is 2. The second-order valence-electron chi connectivity index (χ2n) is 10.6. The minimum atomic E-state index is -0.592. The molecule has 1 atom stereocenters. The van der Waals surface area contributed by atoms with Gasteiger partial charge in [0.2, 0.25) is 5.91 Å². The van der Waals surface area contributed by atoms with Crippen molar-refractivity contribution >= 4 is 51.9 Å². The van der Waals surface area contributed by atoms with Crippen LogP contribution in [0.4, 0.5) is 10.5 Å². The van der Waals surface area contributed by atoms with Gasteiger partial charge >= 0.3 is 6.09 Å². The van der Waals surface area contributed by atoms with Gasteiger partial charge in [-0.15, -0.1) is 0 Å². The topological polar surface area (TPSA) is 81.8 Å². The number of halogens is 2. The summed E-state index contributed by atoms with van der Waals surface area (Å²) in [6.45, 7) is 8.59. The maximum Gasteiger partial charge on any atom is 0.410 e. The van der Waals surface area contributed by atoms with Crippen molar-refractivity contribution in [2.45, 2.75) is 45.3 Å². The van der Waals surface area contributed by atoms with Crippen LogP contribution in [-0.2, 0) is 9.53 Å². The molecule has 2 amide bonds. The van der Waals surface area contributed by atoms with Crippen LogP contribution in [-0.4, -0.2) is 76.1 Å². The zero-order valence-corrected chi connectivity index (χ0v) is 22.8. The number of piperazine rings is 1. The van der Waals surface area contributed by atoms with Crippen LogP contribution in [0.5, 0.6) is 0 Å². The molecule has 0 aliphatic carbocycles. The molecule has 2 saturated heterocycles. The maximum absolute atomic E-state index is 13.3. The number of nitrogens with one attached hydrogen (secondary N) is 1. The van der Waals surface area contributed by atoms with Gasteiger partial charge in [-0.05, 0) is 70.0 Å². The van der Waals surface area contributed by atoms with Crippen LogP contribution in [0.15, 0.2) is 36.4 Å². The molecule has 2 fully saturated rings. The normalized spacial score (nSPS) is 18.5. The highest BCUT2D eigenvalue weighted by Crippen LogP contribution is 2.33. The number of rotatable bonds is 3. The monoisotopic (exact) mass is 543 g/mol. The van der Waals surface area contributed by atoms with Gasteiger partial charge in [0.25, 0.3) is 0 Å². The van der Waals surface area contributed by atoms with Gasteiger partial charge < -0.3 is 19.5 Å². The van der Waals surface area contributed by atoms with Gasteiger partial charge in [-0.25, -0.2) is 9.78 Å². The van der Waals surface area contributed by atoms with Crippen LogP contribution in [0.2, 0.25) is 10.0 Å². The van der Waals surface area contributed by atoms with E-state index in [1.807, 2.05) is 62.1 Å². The summed E-state index contributed by atoms with van der Waals surface area (Å²) in [6.07, 6.45) is 1.06. The van der Waals surface area contributed by atoms with Crippen LogP contribution < -0.4 is 4.90 Å². The van der Waals surface area contributed by atoms with Crippen molar-refractivity contribution in [1.29, 1.82) is 0 Å². The molecular weight excluding hydrogens is 513 g/mol. The molecule has 0 radical (unpaired) electrons. The van der Waals surface area contributed by atoms with Crippen molar-refractivity contribution in [3.63, 3.8) is 0 Å². The summed E-state index contributed by atoms with van der Waals surface area (Å²) in [5.41, 5.74) is 2.90. The van der Waals surface area contributed by atoms with E-state index in [0.717, 1.165) is 28.7 Å². The number of amides is 2. The molecule has 3 aromatic rings. The van der Waals surface area contributed by atoms with Gasteiger partial charge in [0.1, 0.15) is 17.5 Å². The predicted molar refractivity (Wildman–Crippen MR) is 146 cm³/mol. The number of hydrogen-bond donors (Lipinski definition) is 1. The zero-order chi connectivity index (χ0) is 26.3. The Morgan fingerprint density at radius 2 is 1.78 bits per heavy atom. The molecule has 0 unspecified atom stereocenters. The van der Waals surface area contributed by atoms with Gasteiger partial charge in [-0.2, -0.15) is 0 Å². The number of anilines is 1. The molecule has 0 bridgehead atoms. The lowest BCUT2D eigenvalue weighted by molar-refractivity contribution is -0.136. The van der Waals surface area contributed by atoms with E-state index in [0.29, 0.717) is 55.0 Å². The number of H-pyrrole nitrogens is 1. The van der Waals surface area contributed by atoms with Crippen molar-refractivity contribution in [1.82, 2.24) is 19.8 Å². The lowest BCUT2D eigenvalue weighted by atomic mass is 10.1. The van der Waals surface area contributed by atoms with Gasteiger partial charge in [0.15, 0.2) is 0 Å². The second-order valence-corrected chi connectivity index (χ2v) is 11.4. The smallest absolute Gasteiger partial charge is 0.410 e. The minimum Gasteiger partial charge on any atom is -0.444 e. The average Bonchev–Trinajstić information content (AvgIpc) is 3.50. The molecule has 1 N–H and O–H groups in total. The second kappa shape index (κ2) is 10.1. The quantitative estimate of drug-likeness (QED) is 0.465. The number of ether oxygens (including phenoxy) is 1. The van der Waals surface area contributed by atoms with Crippen LogP contribution in [0.1, 0.15) is 33.6 Å². The van der Waals surface area contributed by atoms with E-state index in [1.165, 1.54) is 0 Å². The van der Waals surface area contributed by atoms with E-state index in [9.17, 15) is 9.59 Å². The number of carbonyl (C=O) groups excluding carboxylic acids is 2. The third-order valence-electron chi connectivity index (χ3n) is 6.77. The number of hydrogen-bond acceptors (Lipinski definition) is 5. The van der Waals surface area contributed by atoms with Gasteiger partial charge in [-0.1, -0.05) is 23.2 Å². The Kier molecular flexibility index (Phi) is 6.98. The number of nitrogens with zero attached hydrogens (tertiary/aromatic N) is 4. The summed E-state index contributed by atoms with van der Waals surface area (Å²) in [5.74, 6) is 0.683. The van der Waals surface area contributed by atoms with Gasteiger partial charge in [0, 0.05) is 49.0 Å². The number of aromatic amines is 1. The number of imidazole rings is 1. The third-order valence-corrected chi connectivity index (χ3v) is 7.34. The average molecular weight is 544 g/mol. The molecule has 3 heterocycles. The molecule has 0 saturated carbocycles. The van der Waals surface area contributed by atoms with Crippen molar-refractivity contribution < 1.29 is 14.3 Å². The van der Waals surface area contributed by atoms with Crippen LogP contribution in [0.3, 0.4) is 0 Å². The van der Waals surface area contributed by atoms with E-state index in [4.69, 9.17) is 27.9 Å².